The second-order valence-corrected chi connectivity index (χ2v) is 8.76. The molecule has 2 aromatic rings. The molecule has 10 heteroatoms. The minimum absolute atomic E-state index is 0.0688. The van der Waals surface area contributed by atoms with Gasteiger partial charge in [0.2, 0.25) is 15.9 Å². The molecule has 0 atom stereocenters. The molecular formula is C19H25N5O4S. The number of nitrogens with one attached hydrogen (secondary N) is 1. The number of carbonyl (C=O) groups excluding carboxylic acids is 2. The zero-order valence-corrected chi connectivity index (χ0v) is 17.1. The molecule has 0 aliphatic carbocycles. The standard InChI is InChI=1S/C19H25N5O4S/c1-22-14-9-21-18(22)19(26)23-11-5-12-24(13-8-17(25)20-10-15-23)29(27,28)16-6-3-2-4-7-16/h2-4,6-7,9,14H,5,8,10-13,15H2,1H3,(H,20,25). The number of aromatic nitrogens is 2. The molecule has 1 aromatic heterocycles. The normalized spacial score (nSPS) is 17.4. The van der Waals surface area contributed by atoms with Gasteiger partial charge in [-0.2, -0.15) is 4.31 Å². The first-order chi connectivity index (χ1) is 13.9. The minimum atomic E-state index is -3.72. The van der Waals surface area contributed by atoms with E-state index in [1.165, 1.54) is 16.4 Å². The van der Waals surface area contributed by atoms with Crippen LogP contribution in [-0.2, 0) is 21.9 Å². The summed E-state index contributed by atoms with van der Waals surface area (Å²) < 4.78 is 28.9. The number of rotatable bonds is 3. The maximum Gasteiger partial charge on any atom is 0.289 e. The number of imidazole rings is 1. The Hall–Kier alpha value is -2.72. The van der Waals surface area contributed by atoms with Crippen LogP contribution in [0, 0.1) is 0 Å². The third-order valence-corrected chi connectivity index (χ3v) is 6.72. The van der Waals surface area contributed by atoms with Gasteiger partial charge in [-0.3, -0.25) is 9.59 Å². The molecule has 0 bridgehead atoms. The van der Waals surface area contributed by atoms with Crippen molar-refractivity contribution in [1.82, 2.24) is 24.1 Å². The van der Waals surface area contributed by atoms with Gasteiger partial charge in [0.05, 0.1) is 4.90 Å². The van der Waals surface area contributed by atoms with E-state index >= 15 is 0 Å². The molecule has 0 unspecified atom stereocenters. The molecule has 0 spiro atoms. The Morgan fingerprint density at radius 2 is 1.86 bits per heavy atom. The second-order valence-electron chi connectivity index (χ2n) is 6.82. The van der Waals surface area contributed by atoms with Gasteiger partial charge in [-0.1, -0.05) is 18.2 Å². The molecule has 3 rings (SSSR count). The lowest BCUT2D eigenvalue weighted by Gasteiger charge is -2.24. The molecule has 0 radical (unpaired) electrons. The highest BCUT2D eigenvalue weighted by Crippen LogP contribution is 2.16. The predicted molar refractivity (Wildman–Crippen MR) is 107 cm³/mol. The number of nitrogens with zero attached hydrogens (tertiary/aromatic N) is 4. The Morgan fingerprint density at radius 1 is 1.10 bits per heavy atom. The summed E-state index contributed by atoms with van der Waals surface area (Å²) in [5.74, 6) is -0.187. The van der Waals surface area contributed by atoms with E-state index < -0.39 is 10.0 Å². The zero-order chi connectivity index (χ0) is 20.9. The Kier molecular flexibility index (Phi) is 6.65. The Morgan fingerprint density at radius 3 is 2.55 bits per heavy atom. The molecule has 1 N–H and O–H groups in total. The minimum Gasteiger partial charge on any atom is -0.354 e. The first-order valence-corrected chi connectivity index (χ1v) is 10.9. The van der Waals surface area contributed by atoms with Gasteiger partial charge in [-0.15, -0.1) is 0 Å². The van der Waals surface area contributed by atoms with E-state index in [-0.39, 0.29) is 36.2 Å². The summed E-state index contributed by atoms with van der Waals surface area (Å²) in [7, 11) is -1.98. The van der Waals surface area contributed by atoms with E-state index in [9.17, 15) is 18.0 Å². The van der Waals surface area contributed by atoms with Gasteiger partial charge in [0, 0.05) is 58.6 Å². The zero-order valence-electron chi connectivity index (χ0n) is 16.3. The lowest BCUT2D eigenvalue weighted by Crippen LogP contribution is -2.40. The first kappa shape index (κ1) is 21.0. The van der Waals surface area contributed by atoms with Crippen LogP contribution in [0.15, 0.2) is 47.6 Å². The molecular weight excluding hydrogens is 394 g/mol. The Bertz CT molecular complexity index is 958. The topological polar surface area (TPSA) is 105 Å². The molecule has 9 nitrogen and oxygen atoms in total. The average Bonchev–Trinajstić information content (AvgIpc) is 3.12. The van der Waals surface area contributed by atoms with Crippen molar-refractivity contribution in [3.8, 4) is 0 Å². The summed E-state index contributed by atoms with van der Waals surface area (Å²) in [5, 5.41) is 2.76. The Balaban J connectivity index is 1.78. The summed E-state index contributed by atoms with van der Waals surface area (Å²) >= 11 is 0. The highest BCUT2D eigenvalue weighted by Gasteiger charge is 2.26. The van der Waals surface area contributed by atoms with Gasteiger partial charge in [0.1, 0.15) is 0 Å². The van der Waals surface area contributed by atoms with Crippen molar-refractivity contribution < 1.29 is 18.0 Å². The smallest absolute Gasteiger partial charge is 0.289 e. The van der Waals surface area contributed by atoms with E-state index in [0.29, 0.717) is 31.9 Å². The predicted octanol–water partition coefficient (Wildman–Crippen LogP) is 0.463. The summed E-state index contributed by atoms with van der Waals surface area (Å²) in [6.45, 7) is 1.32. The summed E-state index contributed by atoms with van der Waals surface area (Å²) in [6.07, 6.45) is 3.76. The second kappa shape index (κ2) is 9.19. The SMILES string of the molecule is Cn1ccnc1C(=O)N1CCCN(S(=O)(=O)c2ccccc2)CCC(=O)NCC1. The van der Waals surface area contributed by atoms with Gasteiger partial charge in [0.15, 0.2) is 5.82 Å². The van der Waals surface area contributed by atoms with Crippen molar-refractivity contribution in [2.75, 3.05) is 32.7 Å². The molecule has 1 aliphatic rings. The average molecular weight is 420 g/mol. The number of benzene rings is 1. The van der Waals surface area contributed by atoms with Crippen molar-refractivity contribution in [1.29, 1.82) is 0 Å². The number of aryl methyl sites for hydroxylation is 1. The molecule has 1 fully saturated rings. The van der Waals surface area contributed by atoms with E-state index in [4.69, 9.17) is 0 Å². The lowest BCUT2D eigenvalue weighted by atomic mass is 10.3. The maximum absolute atomic E-state index is 13.0. The van der Waals surface area contributed by atoms with E-state index in [2.05, 4.69) is 10.3 Å². The van der Waals surface area contributed by atoms with Crippen LogP contribution in [0.2, 0.25) is 0 Å². The molecule has 156 valence electrons. The lowest BCUT2D eigenvalue weighted by molar-refractivity contribution is -0.121. The third kappa shape index (κ3) is 5.01. The van der Waals surface area contributed by atoms with Crippen LogP contribution in [-0.4, -0.2) is 71.7 Å². The van der Waals surface area contributed by atoms with Crippen LogP contribution in [0.25, 0.3) is 0 Å². The first-order valence-electron chi connectivity index (χ1n) is 9.48. The largest absolute Gasteiger partial charge is 0.354 e. The van der Waals surface area contributed by atoms with Crippen molar-refractivity contribution >= 4 is 21.8 Å². The van der Waals surface area contributed by atoms with Crippen LogP contribution < -0.4 is 5.32 Å². The molecule has 0 saturated carbocycles. The molecule has 29 heavy (non-hydrogen) atoms. The van der Waals surface area contributed by atoms with E-state index in [1.54, 1.807) is 47.1 Å². The van der Waals surface area contributed by atoms with Crippen LogP contribution in [0.4, 0.5) is 0 Å². The van der Waals surface area contributed by atoms with Crippen LogP contribution >= 0.6 is 0 Å². The van der Waals surface area contributed by atoms with Crippen LogP contribution in [0.1, 0.15) is 23.5 Å². The van der Waals surface area contributed by atoms with Gasteiger partial charge in [-0.25, -0.2) is 13.4 Å². The van der Waals surface area contributed by atoms with Gasteiger partial charge in [-0.05, 0) is 18.6 Å². The van der Waals surface area contributed by atoms with Crippen LogP contribution in [0.3, 0.4) is 0 Å². The molecule has 2 amide bonds. The van der Waals surface area contributed by atoms with Crippen molar-refractivity contribution in [2.24, 2.45) is 7.05 Å². The summed E-state index contributed by atoms with van der Waals surface area (Å²) in [4.78, 5) is 30.8. The molecule has 1 aliphatic heterocycles. The monoisotopic (exact) mass is 419 g/mol. The number of hydrogen-bond acceptors (Lipinski definition) is 5. The van der Waals surface area contributed by atoms with E-state index in [0.717, 1.165) is 0 Å². The fourth-order valence-electron chi connectivity index (χ4n) is 3.20. The molecule has 1 aromatic carbocycles. The van der Waals surface area contributed by atoms with Gasteiger partial charge < -0.3 is 14.8 Å². The van der Waals surface area contributed by atoms with Gasteiger partial charge in [0.25, 0.3) is 5.91 Å². The van der Waals surface area contributed by atoms with Gasteiger partial charge >= 0.3 is 0 Å². The molecule has 2 heterocycles. The van der Waals surface area contributed by atoms with Crippen molar-refractivity contribution in [3.05, 3.63) is 48.5 Å². The quantitative estimate of drug-likeness (QED) is 0.778. The summed E-state index contributed by atoms with van der Waals surface area (Å²) in [6, 6.07) is 8.16. The number of carbonyl (C=O) groups is 2. The van der Waals surface area contributed by atoms with Crippen molar-refractivity contribution in [3.63, 3.8) is 0 Å². The van der Waals surface area contributed by atoms with Crippen LogP contribution in [0.5, 0.6) is 0 Å². The van der Waals surface area contributed by atoms with Crippen molar-refractivity contribution in [2.45, 2.75) is 17.7 Å². The Labute approximate surface area is 170 Å². The number of hydrogen-bond donors (Lipinski definition) is 1. The highest BCUT2D eigenvalue weighted by atomic mass is 32.2. The highest BCUT2D eigenvalue weighted by molar-refractivity contribution is 7.89. The fraction of sp³-hybridized carbons (Fsp3) is 0.421. The molecule has 1 saturated heterocycles. The number of sulfonamides is 1. The van der Waals surface area contributed by atoms with E-state index in [1.807, 2.05) is 0 Å². The fourth-order valence-corrected chi connectivity index (χ4v) is 4.70. The third-order valence-electron chi connectivity index (χ3n) is 4.81. The summed E-state index contributed by atoms with van der Waals surface area (Å²) in [5.41, 5.74) is 0. The number of amides is 2. The maximum atomic E-state index is 13.0.